The van der Waals surface area contributed by atoms with Gasteiger partial charge in [0.2, 0.25) is 5.91 Å². The van der Waals surface area contributed by atoms with E-state index in [1.807, 2.05) is 6.92 Å². The van der Waals surface area contributed by atoms with Gasteiger partial charge in [-0.1, -0.05) is 6.92 Å². The third-order valence-electron chi connectivity index (χ3n) is 3.35. The van der Waals surface area contributed by atoms with Crippen LogP contribution in [0.3, 0.4) is 0 Å². The van der Waals surface area contributed by atoms with Gasteiger partial charge in [0.15, 0.2) is 0 Å². The molecule has 1 fully saturated rings. The minimum atomic E-state index is -0.725. The van der Waals surface area contributed by atoms with E-state index in [-0.39, 0.29) is 35.2 Å². The van der Waals surface area contributed by atoms with Crippen molar-refractivity contribution in [3.8, 4) is 5.75 Å². The zero-order valence-corrected chi connectivity index (χ0v) is 11.4. The molecule has 0 aromatic heterocycles. The number of phenolic OH excluding ortho intramolecular Hbond substituents is 1. The van der Waals surface area contributed by atoms with Crippen LogP contribution in [0.15, 0.2) is 12.1 Å². The molecule has 0 aliphatic carbocycles. The predicted molar refractivity (Wildman–Crippen MR) is 68.6 cm³/mol. The number of hydrogen-bond donors (Lipinski definition) is 1. The molecule has 0 radical (unpaired) electrons. The Labute approximate surface area is 116 Å². The van der Waals surface area contributed by atoms with Crippen molar-refractivity contribution in [1.29, 1.82) is 0 Å². The van der Waals surface area contributed by atoms with Gasteiger partial charge in [-0.25, -0.2) is 9.18 Å². The first-order valence-electron chi connectivity index (χ1n) is 6.29. The molecule has 1 unspecified atom stereocenters. The highest BCUT2D eigenvalue weighted by atomic mass is 19.1. The maximum Gasteiger partial charge on any atom is 0.338 e. The van der Waals surface area contributed by atoms with E-state index in [0.29, 0.717) is 13.0 Å². The molecule has 5 nitrogen and oxygen atoms in total. The lowest BCUT2D eigenvalue weighted by Crippen LogP contribution is -2.25. The number of hydrogen-bond acceptors (Lipinski definition) is 4. The van der Waals surface area contributed by atoms with Crippen LogP contribution in [0.2, 0.25) is 0 Å². The number of benzene rings is 1. The number of ether oxygens (including phenoxy) is 1. The first-order valence-corrected chi connectivity index (χ1v) is 6.29. The average molecular weight is 281 g/mol. The summed E-state index contributed by atoms with van der Waals surface area (Å²) < 4.78 is 18.4. The molecule has 2 rings (SSSR count). The van der Waals surface area contributed by atoms with E-state index in [4.69, 9.17) is 0 Å². The lowest BCUT2D eigenvalue weighted by molar-refractivity contribution is -0.128. The topological polar surface area (TPSA) is 66.8 Å². The molecule has 1 saturated heterocycles. The highest BCUT2D eigenvalue weighted by molar-refractivity contribution is 5.90. The molecule has 0 bridgehead atoms. The van der Waals surface area contributed by atoms with Crippen LogP contribution < -0.4 is 0 Å². The number of carbonyl (C=O) groups is 2. The van der Waals surface area contributed by atoms with Gasteiger partial charge in [0.25, 0.3) is 0 Å². The molecule has 1 aliphatic heterocycles. The predicted octanol–water partition coefficient (Wildman–Crippen LogP) is 1.69. The molecule has 0 saturated carbocycles. The molecule has 0 spiro atoms. The summed E-state index contributed by atoms with van der Waals surface area (Å²) in [6.07, 6.45) is 0.433. The van der Waals surface area contributed by atoms with Crippen LogP contribution in [0.25, 0.3) is 0 Å². The van der Waals surface area contributed by atoms with Crippen LogP contribution in [0, 0.1) is 11.7 Å². The number of methoxy groups -OCH3 is 1. The minimum Gasteiger partial charge on any atom is -0.507 e. The maximum absolute atomic E-state index is 14.0. The number of aromatic hydroxyl groups is 1. The number of phenols is 1. The second kappa shape index (κ2) is 5.48. The van der Waals surface area contributed by atoms with Gasteiger partial charge in [-0.15, -0.1) is 0 Å². The molecule has 6 heteroatoms. The van der Waals surface area contributed by atoms with Gasteiger partial charge in [0.05, 0.1) is 19.2 Å². The number of halogens is 1. The molecule has 1 aromatic rings. The first kappa shape index (κ1) is 14.3. The number of nitrogens with zero attached hydrogens (tertiary/aromatic N) is 1. The Bertz CT molecular complexity index is 535. The van der Waals surface area contributed by atoms with E-state index in [1.54, 1.807) is 0 Å². The van der Waals surface area contributed by atoms with Crippen molar-refractivity contribution in [2.75, 3.05) is 13.7 Å². The average Bonchev–Trinajstić information content (AvgIpc) is 2.71. The number of rotatable bonds is 3. The van der Waals surface area contributed by atoms with E-state index in [2.05, 4.69) is 4.74 Å². The Balaban J connectivity index is 2.25. The molecule has 1 heterocycles. The molecule has 1 amide bonds. The second-order valence-electron chi connectivity index (χ2n) is 5.03. The summed E-state index contributed by atoms with van der Waals surface area (Å²) in [5.74, 6) is -1.64. The smallest absolute Gasteiger partial charge is 0.338 e. The quantitative estimate of drug-likeness (QED) is 0.856. The Hall–Kier alpha value is -2.11. The van der Waals surface area contributed by atoms with Crippen LogP contribution in [0.5, 0.6) is 5.75 Å². The van der Waals surface area contributed by atoms with Crippen LogP contribution >= 0.6 is 0 Å². The molecule has 1 aromatic carbocycles. The van der Waals surface area contributed by atoms with E-state index < -0.39 is 11.8 Å². The van der Waals surface area contributed by atoms with Crippen molar-refractivity contribution in [2.45, 2.75) is 19.9 Å². The standard InChI is InChI=1S/C14H16FNO4/c1-8-3-13(18)16(6-8)7-10-11(15)4-9(5-12(10)17)14(19)20-2/h4-5,8,17H,3,6-7H2,1-2H3. The fraction of sp³-hybridized carbons (Fsp3) is 0.429. The summed E-state index contributed by atoms with van der Waals surface area (Å²) in [7, 11) is 1.18. The van der Waals surface area contributed by atoms with Gasteiger partial charge in [-0.2, -0.15) is 0 Å². The zero-order chi connectivity index (χ0) is 14.9. The molecule has 108 valence electrons. The van der Waals surface area contributed by atoms with Gasteiger partial charge < -0.3 is 14.7 Å². The van der Waals surface area contributed by atoms with Crippen LogP contribution in [-0.2, 0) is 16.1 Å². The van der Waals surface area contributed by atoms with E-state index in [0.717, 1.165) is 12.1 Å². The summed E-state index contributed by atoms with van der Waals surface area (Å²) >= 11 is 0. The van der Waals surface area contributed by atoms with E-state index in [1.165, 1.54) is 12.0 Å². The number of likely N-dealkylation sites (tertiary alicyclic amines) is 1. The van der Waals surface area contributed by atoms with Crippen LogP contribution in [0.4, 0.5) is 4.39 Å². The lowest BCUT2D eigenvalue weighted by atomic mass is 10.1. The highest BCUT2D eigenvalue weighted by Crippen LogP contribution is 2.27. The normalized spacial score (nSPS) is 18.4. The summed E-state index contributed by atoms with van der Waals surface area (Å²) in [6.45, 7) is 2.48. The number of amides is 1. The summed E-state index contributed by atoms with van der Waals surface area (Å²) in [4.78, 5) is 24.5. The van der Waals surface area contributed by atoms with Gasteiger partial charge in [-0.3, -0.25) is 4.79 Å². The van der Waals surface area contributed by atoms with Crippen molar-refractivity contribution in [3.05, 3.63) is 29.1 Å². The van der Waals surface area contributed by atoms with Crippen molar-refractivity contribution >= 4 is 11.9 Å². The Morgan fingerprint density at radius 1 is 1.55 bits per heavy atom. The SMILES string of the molecule is COC(=O)c1cc(O)c(CN2CC(C)CC2=O)c(F)c1. The van der Waals surface area contributed by atoms with Crippen molar-refractivity contribution in [2.24, 2.45) is 5.92 Å². The maximum atomic E-state index is 14.0. The molecule has 1 atom stereocenters. The second-order valence-corrected chi connectivity index (χ2v) is 5.03. The third-order valence-corrected chi connectivity index (χ3v) is 3.35. The summed E-state index contributed by atoms with van der Waals surface area (Å²) in [5, 5.41) is 9.84. The van der Waals surface area contributed by atoms with Crippen molar-refractivity contribution < 1.29 is 23.8 Å². The van der Waals surface area contributed by atoms with Crippen molar-refractivity contribution in [3.63, 3.8) is 0 Å². The Kier molecular flexibility index (Phi) is 3.92. The molecular formula is C14H16FNO4. The van der Waals surface area contributed by atoms with Crippen LogP contribution in [0.1, 0.15) is 29.3 Å². The van der Waals surface area contributed by atoms with Gasteiger partial charge in [0.1, 0.15) is 11.6 Å². The zero-order valence-electron chi connectivity index (χ0n) is 11.4. The fourth-order valence-corrected chi connectivity index (χ4v) is 2.33. The third kappa shape index (κ3) is 2.74. The van der Waals surface area contributed by atoms with Gasteiger partial charge in [0, 0.05) is 18.5 Å². The molecule has 1 aliphatic rings. The Morgan fingerprint density at radius 2 is 2.25 bits per heavy atom. The molecule has 20 heavy (non-hydrogen) atoms. The van der Waals surface area contributed by atoms with Gasteiger partial charge in [-0.05, 0) is 18.1 Å². The number of esters is 1. The largest absolute Gasteiger partial charge is 0.507 e. The van der Waals surface area contributed by atoms with Crippen LogP contribution in [-0.4, -0.2) is 35.5 Å². The number of carbonyl (C=O) groups excluding carboxylic acids is 2. The van der Waals surface area contributed by atoms with E-state index >= 15 is 0 Å². The van der Waals surface area contributed by atoms with Crippen molar-refractivity contribution in [1.82, 2.24) is 4.90 Å². The monoisotopic (exact) mass is 281 g/mol. The molecule has 1 N–H and O–H groups in total. The lowest BCUT2D eigenvalue weighted by Gasteiger charge is -2.17. The fourth-order valence-electron chi connectivity index (χ4n) is 2.33. The Morgan fingerprint density at radius 3 is 2.75 bits per heavy atom. The molecular weight excluding hydrogens is 265 g/mol. The first-order chi connectivity index (χ1) is 9.42. The van der Waals surface area contributed by atoms with E-state index in [9.17, 15) is 19.1 Å². The summed E-state index contributed by atoms with van der Waals surface area (Å²) in [6, 6.07) is 2.15. The minimum absolute atomic E-state index is 0.00227. The highest BCUT2D eigenvalue weighted by Gasteiger charge is 2.28. The summed E-state index contributed by atoms with van der Waals surface area (Å²) in [5.41, 5.74) is -0.0486. The van der Waals surface area contributed by atoms with Gasteiger partial charge >= 0.3 is 5.97 Å².